The van der Waals surface area contributed by atoms with Gasteiger partial charge in [-0.1, -0.05) is 6.42 Å². The molecule has 0 aromatic carbocycles. The third-order valence-corrected chi connectivity index (χ3v) is 4.98. The molecule has 6 heteroatoms. The molecule has 0 aliphatic carbocycles. The molecule has 1 saturated heterocycles. The minimum Gasteiger partial charge on any atom is -0.313 e. The van der Waals surface area contributed by atoms with Gasteiger partial charge < -0.3 is 5.32 Å². The largest absolute Gasteiger partial charge is 0.313 e. The molecule has 2 heterocycles. The molecule has 86 valence electrons. The van der Waals surface area contributed by atoms with Crippen molar-refractivity contribution in [2.45, 2.75) is 29.6 Å². The maximum atomic E-state index is 11.8. The van der Waals surface area contributed by atoms with Gasteiger partial charge in [0.25, 0.3) is 0 Å². The van der Waals surface area contributed by atoms with E-state index in [0.29, 0.717) is 11.8 Å². The molecule has 2 unspecified atom stereocenters. The van der Waals surface area contributed by atoms with Crippen molar-refractivity contribution in [3.63, 3.8) is 0 Å². The van der Waals surface area contributed by atoms with Crippen LogP contribution in [0.5, 0.6) is 0 Å². The van der Waals surface area contributed by atoms with Gasteiger partial charge in [0, 0.05) is 23.4 Å². The van der Waals surface area contributed by atoms with Crippen LogP contribution in [-0.4, -0.2) is 27.5 Å². The lowest BCUT2D eigenvalue weighted by molar-refractivity contribution is 0.427. The van der Waals surface area contributed by atoms with Crippen LogP contribution in [-0.2, 0) is 10.8 Å². The number of aromatic nitrogens is 1. The molecular formula is C9H15ClN2OS2. The van der Waals surface area contributed by atoms with Gasteiger partial charge in [-0.05, 0) is 19.4 Å². The Kier molecular flexibility index (Phi) is 5.74. The van der Waals surface area contributed by atoms with E-state index >= 15 is 0 Å². The third kappa shape index (κ3) is 3.83. The molecule has 3 nitrogen and oxygen atoms in total. The Balaban J connectivity index is 0.00000112. The Hall–Kier alpha value is 0.0300. The fourth-order valence-corrected chi connectivity index (χ4v) is 3.77. The van der Waals surface area contributed by atoms with E-state index in [1.165, 1.54) is 24.2 Å². The normalized spacial score (nSPS) is 23.1. The lowest BCUT2D eigenvalue weighted by Crippen LogP contribution is -2.38. The summed E-state index contributed by atoms with van der Waals surface area (Å²) in [5, 5.41) is 5.27. The number of nitrogens with zero attached hydrogens (tertiary/aromatic N) is 1. The summed E-state index contributed by atoms with van der Waals surface area (Å²) < 4.78 is 12.6. The van der Waals surface area contributed by atoms with Crippen molar-refractivity contribution < 1.29 is 4.21 Å². The van der Waals surface area contributed by atoms with E-state index in [9.17, 15) is 4.21 Å². The van der Waals surface area contributed by atoms with E-state index in [1.807, 2.05) is 5.38 Å². The van der Waals surface area contributed by atoms with Gasteiger partial charge in [-0.2, -0.15) is 0 Å². The van der Waals surface area contributed by atoms with Gasteiger partial charge >= 0.3 is 0 Å². The Bertz CT molecular complexity index is 299. The van der Waals surface area contributed by atoms with Crippen LogP contribution >= 0.6 is 23.7 Å². The van der Waals surface area contributed by atoms with Gasteiger partial charge in [-0.3, -0.25) is 4.21 Å². The van der Waals surface area contributed by atoms with Gasteiger partial charge in [-0.25, -0.2) is 4.98 Å². The first-order chi connectivity index (χ1) is 6.86. The van der Waals surface area contributed by atoms with Gasteiger partial charge in [0.2, 0.25) is 0 Å². The molecule has 0 saturated carbocycles. The van der Waals surface area contributed by atoms with Crippen LogP contribution in [0.15, 0.2) is 15.9 Å². The highest BCUT2D eigenvalue weighted by Crippen LogP contribution is 2.14. The SMILES string of the molecule is Cl.O=S(CC1CCCCN1)c1nccs1. The molecule has 1 aliphatic rings. The van der Waals surface area contributed by atoms with Crippen LogP contribution in [0.1, 0.15) is 19.3 Å². The fraction of sp³-hybridized carbons (Fsp3) is 0.667. The Morgan fingerprint density at radius 2 is 2.47 bits per heavy atom. The summed E-state index contributed by atoms with van der Waals surface area (Å²) in [4.78, 5) is 4.07. The summed E-state index contributed by atoms with van der Waals surface area (Å²) in [6.45, 7) is 1.07. The zero-order chi connectivity index (χ0) is 9.80. The van der Waals surface area contributed by atoms with E-state index in [4.69, 9.17) is 0 Å². The number of piperidine rings is 1. The Morgan fingerprint density at radius 3 is 3.07 bits per heavy atom. The lowest BCUT2D eigenvalue weighted by Gasteiger charge is -2.22. The molecule has 2 rings (SSSR count). The predicted molar refractivity (Wildman–Crippen MR) is 66.3 cm³/mol. The molecule has 1 aromatic heterocycles. The average molecular weight is 267 g/mol. The fourth-order valence-electron chi connectivity index (χ4n) is 1.64. The minimum absolute atomic E-state index is 0. The first-order valence-corrected chi connectivity index (χ1v) is 7.07. The molecule has 0 spiro atoms. The van der Waals surface area contributed by atoms with Crippen molar-refractivity contribution in [3.05, 3.63) is 11.6 Å². The number of thiazole rings is 1. The molecule has 15 heavy (non-hydrogen) atoms. The van der Waals surface area contributed by atoms with E-state index < -0.39 is 10.8 Å². The second-order valence-corrected chi connectivity index (χ2v) is 6.02. The van der Waals surface area contributed by atoms with Crippen LogP contribution in [0.3, 0.4) is 0 Å². The van der Waals surface area contributed by atoms with Crippen LogP contribution in [0.25, 0.3) is 0 Å². The molecule has 0 bridgehead atoms. The summed E-state index contributed by atoms with van der Waals surface area (Å²) in [7, 11) is -0.905. The molecule has 2 atom stereocenters. The molecule has 1 N–H and O–H groups in total. The van der Waals surface area contributed by atoms with E-state index in [-0.39, 0.29) is 12.4 Å². The van der Waals surface area contributed by atoms with Crippen molar-refractivity contribution in [2.24, 2.45) is 0 Å². The quantitative estimate of drug-likeness (QED) is 0.907. The number of hydrogen-bond acceptors (Lipinski definition) is 4. The first-order valence-electron chi connectivity index (χ1n) is 4.87. The summed E-state index contributed by atoms with van der Waals surface area (Å²) in [6, 6.07) is 0.425. The predicted octanol–water partition coefficient (Wildman–Crippen LogP) is 1.81. The topological polar surface area (TPSA) is 42.0 Å². The van der Waals surface area contributed by atoms with Crippen molar-refractivity contribution in [1.82, 2.24) is 10.3 Å². The second kappa shape index (κ2) is 6.58. The number of nitrogens with one attached hydrogen (secondary N) is 1. The zero-order valence-electron chi connectivity index (χ0n) is 8.35. The third-order valence-electron chi connectivity index (χ3n) is 2.37. The summed E-state index contributed by atoms with van der Waals surface area (Å²) >= 11 is 1.48. The zero-order valence-corrected chi connectivity index (χ0v) is 10.8. The molecule has 0 radical (unpaired) electrons. The molecule has 1 fully saturated rings. The Labute approximate surface area is 103 Å². The van der Waals surface area contributed by atoms with Crippen molar-refractivity contribution >= 4 is 34.5 Å². The van der Waals surface area contributed by atoms with Gasteiger partial charge in [0.1, 0.15) is 0 Å². The highest BCUT2D eigenvalue weighted by molar-refractivity contribution is 7.87. The lowest BCUT2D eigenvalue weighted by atomic mass is 10.1. The van der Waals surface area contributed by atoms with Crippen LogP contribution in [0, 0.1) is 0 Å². The average Bonchev–Trinajstić information content (AvgIpc) is 2.72. The number of halogens is 1. The van der Waals surface area contributed by atoms with Gasteiger partial charge in [0.05, 0.1) is 10.8 Å². The molecule has 0 amide bonds. The maximum Gasteiger partial charge on any atom is 0.180 e. The maximum absolute atomic E-state index is 11.8. The smallest absolute Gasteiger partial charge is 0.180 e. The van der Waals surface area contributed by atoms with Gasteiger partial charge in [0.15, 0.2) is 4.34 Å². The number of hydrogen-bond donors (Lipinski definition) is 1. The van der Waals surface area contributed by atoms with E-state index in [2.05, 4.69) is 10.3 Å². The minimum atomic E-state index is -0.905. The molecular weight excluding hydrogens is 252 g/mol. The number of rotatable bonds is 3. The van der Waals surface area contributed by atoms with Crippen molar-refractivity contribution in [2.75, 3.05) is 12.3 Å². The summed E-state index contributed by atoms with van der Waals surface area (Å²) in [6.07, 6.45) is 5.37. The summed E-state index contributed by atoms with van der Waals surface area (Å²) in [5.41, 5.74) is 0. The van der Waals surface area contributed by atoms with Crippen molar-refractivity contribution in [3.8, 4) is 0 Å². The first kappa shape index (κ1) is 13.1. The summed E-state index contributed by atoms with van der Waals surface area (Å²) in [5.74, 6) is 0.716. The monoisotopic (exact) mass is 266 g/mol. The molecule has 1 aromatic rings. The highest BCUT2D eigenvalue weighted by atomic mass is 35.5. The second-order valence-electron chi connectivity index (χ2n) is 3.46. The van der Waals surface area contributed by atoms with Crippen LogP contribution in [0.4, 0.5) is 0 Å². The van der Waals surface area contributed by atoms with E-state index in [0.717, 1.165) is 17.3 Å². The van der Waals surface area contributed by atoms with Crippen molar-refractivity contribution in [1.29, 1.82) is 0 Å². The van der Waals surface area contributed by atoms with Gasteiger partial charge in [-0.15, -0.1) is 23.7 Å². The Morgan fingerprint density at radius 1 is 1.60 bits per heavy atom. The van der Waals surface area contributed by atoms with Crippen LogP contribution < -0.4 is 5.32 Å². The standard InChI is InChI=1S/C9H14N2OS2.ClH/c12-14(9-11-5-6-13-9)7-8-3-1-2-4-10-8;/h5-6,8,10H,1-4,7H2;1H. The van der Waals surface area contributed by atoms with E-state index in [1.54, 1.807) is 6.20 Å². The highest BCUT2D eigenvalue weighted by Gasteiger charge is 2.17. The molecule has 1 aliphatic heterocycles. The van der Waals surface area contributed by atoms with Crippen LogP contribution in [0.2, 0.25) is 0 Å².